The van der Waals surface area contributed by atoms with Crippen LogP contribution < -0.4 is 5.43 Å². The zero-order valence-corrected chi connectivity index (χ0v) is 19.0. The van der Waals surface area contributed by atoms with Crippen LogP contribution in [0, 0.1) is 0 Å². The van der Waals surface area contributed by atoms with Crippen molar-refractivity contribution in [1.29, 1.82) is 0 Å². The van der Waals surface area contributed by atoms with Crippen molar-refractivity contribution in [3.05, 3.63) is 95.2 Å². The molecule has 0 aliphatic carbocycles. The summed E-state index contributed by atoms with van der Waals surface area (Å²) < 4.78 is 10.5. The van der Waals surface area contributed by atoms with Crippen LogP contribution in [0.3, 0.4) is 0 Å². The smallest absolute Gasteiger partial charge is 0.203 e. The molecule has 1 aliphatic heterocycles. The molecule has 0 saturated carbocycles. The fourth-order valence-electron chi connectivity index (χ4n) is 3.94. The third-order valence-electron chi connectivity index (χ3n) is 5.97. The first kappa shape index (κ1) is 21.1. The van der Waals surface area contributed by atoms with Gasteiger partial charge >= 0.3 is 0 Å². The van der Waals surface area contributed by atoms with Crippen molar-refractivity contribution in [2.75, 3.05) is 13.2 Å². The average Bonchev–Trinajstić information content (AvgIpc) is 3.49. The van der Waals surface area contributed by atoms with E-state index >= 15 is 0 Å². The van der Waals surface area contributed by atoms with Crippen molar-refractivity contribution >= 4 is 0 Å². The molecule has 0 unspecified atom stereocenters. The van der Waals surface area contributed by atoms with Gasteiger partial charge in [-0.2, -0.15) is 15.3 Å². The van der Waals surface area contributed by atoms with Gasteiger partial charge in [-0.05, 0) is 11.6 Å². The maximum atomic E-state index is 12.5. The Labute approximate surface area is 200 Å². The quantitative estimate of drug-likeness (QED) is 0.378. The van der Waals surface area contributed by atoms with Crippen molar-refractivity contribution in [1.82, 2.24) is 39.3 Å². The minimum absolute atomic E-state index is 0.106. The molecule has 0 spiro atoms. The molecule has 1 aromatic carbocycles. The highest BCUT2D eigenvalue weighted by Gasteiger charge is 2.21. The molecular formula is C25H22N8O2. The number of hydrogen-bond donors (Lipinski definition) is 0. The maximum absolute atomic E-state index is 12.5. The molecule has 1 aliphatic rings. The van der Waals surface area contributed by atoms with Crippen LogP contribution in [0.1, 0.15) is 17.3 Å². The maximum Gasteiger partial charge on any atom is 0.203 e. The lowest BCUT2D eigenvalue weighted by Gasteiger charge is -2.25. The van der Waals surface area contributed by atoms with E-state index < -0.39 is 0 Å². The SMILES string of the molecule is Cn1cc(-n2ccc(=O)c(Cc3cccc(-c4ncc(-c5cnn(C6COC6)c5)cn4)c3)n2)cn1. The second-order valence-electron chi connectivity index (χ2n) is 8.52. The predicted molar refractivity (Wildman–Crippen MR) is 128 cm³/mol. The molecule has 174 valence electrons. The molecule has 6 rings (SSSR count). The summed E-state index contributed by atoms with van der Waals surface area (Å²) in [6.07, 6.45) is 13.0. The normalized spacial score (nSPS) is 13.6. The van der Waals surface area contributed by atoms with Gasteiger partial charge in [0.1, 0.15) is 11.4 Å². The summed E-state index contributed by atoms with van der Waals surface area (Å²) in [6, 6.07) is 9.69. The van der Waals surface area contributed by atoms with Gasteiger partial charge in [0.2, 0.25) is 5.43 Å². The van der Waals surface area contributed by atoms with E-state index in [0.29, 0.717) is 37.2 Å². The fourth-order valence-corrected chi connectivity index (χ4v) is 3.94. The number of aromatic nitrogens is 8. The monoisotopic (exact) mass is 466 g/mol. The number of aryl methyl sites for hydroxylation is 1. The zero-order valence-electron chi connectivity index (χ0n) is 19.0. The molecule has 1 saturated heterocycles. The van der Waals surface area contributed by atoms with E-state index in [-0.39, 0.29) is 5.43 Å². The van der Waals surface area contributed by atoms with E-state index in [1.165, 1.54) is 6.07 Å². The van der Waals surface area contributed by atoms with Crippen LogP contribution in [-0.2, 0) is 18.2 Å². The van der Waals surface area contributed by atoms with Gasteiger partial charge in [0.25, 0.3) is 0 Å². The Morgan fingerprint density at radius 2 is 1.83 bits per heavy atom. The second-order valence-corrected chi connectivity index (χ2v) is 8.52. The summed E-state index contributed by atoms with van der Waals surface area (Å²) in [7, 11) is 1.84. The Balaban J connectivity index is 1.22. The molecule has 1 fully saturated rings. The van der Waals surface area contributed by atoms with Crippen LogP contribution in [0.5, 0.6) is 0 Å². The molecule has 10 heteroatoms. The molecule has 0 atom stereocenters. The molecule has 4 aromatic heterocycles. The number of rotatable bonds is 6. The van der Waals surface area contributed by atoms with E-state index in [2.05, 4.69) is 25.3 Å². The Bertz CT molecular complexity index is 1550. The first-order valence-electron chi connectivity index (χ1n) is 11.2. The number of benzene rings is 1. The largest absolute Gasteiger partial charge is 0.377 e. The first-order valence-corrected chi connectivity index (χ1v) is 11.2. The highest BCUT2D eigenvalue weighted by molar-refractivity contribution is 5.62. The van der Waals surface area contributed by atoms with Crippen molar-refractivity contribution in [2.45, 2.75) is 12.5 Å². The summed E-state index contributed by atoms with van der Waals surface area (Å²) in [4.78, 5) is 21.6. The standard InChI is InChI=1S/C25H22N8O2/c1-31-14-21(12-28-31)32-6-5-24(34)23(30-32)8-17-3-2-4-18(7-17)25-26-9-19(10-27-25)20-11-29-33(13-20)22-15-35-16-22/h2-7,9-14,22H,8,15-16H2,1H3. The molecular weight excluding hydrogens is 444 g/mol. The molecule has 0 amide bonds. The second kappa shape index (κ2) is 8.73. The van der Waals surface area contributed by atoms with Gasteiger partial charge in [0.05, 0.1) is 37.8 Å². The topological polar surface area (TPSA) is 106 Å². The van der Waals surface area contributed by atoms with Crippen LogP contribution in [0.25, 0.3) is 28.2 Å². The van der Waals surface area contributed by atoms with Crippen molar-refractivity contribution in [3.63, 3.8) is 0 Å². The van der Waals surface area contributed by atoms with E-state index in [9.17, 15) is 4.79 Å². The van der Waals surface area contributed by atoms with Gasteiger partial charge in [0.15, 0.2) is 5.82 Å². The molecule has 10 nitrogen and oxygen atoms in total. The van der Waals surface area contributed by atoms with E-state index in [1.807, 2.05) is 54.6 Å². The molecule has 0 bridgehead atoms. The molecule has 35 heavy (non-hydrogen) atoms. The van der Waals surface area contributed by atoms with Crippen LogP contribution in [0.15, 0.2) is 78.5 Å². The van der Waals surface area contributed by atoms with Gasteiger partial charge in [0, 0.05) is 61.0 Å². The van der Waals surface area contributed by atoms with E-state index in [4.69, 9.17) is 4.74 Å². The van der Waals surface area contributed by atoms with Gasteiger partial charge in [-0.15, -0.1) is 0 Å². The van der Waals surface area contributed by atoms with E-state index in [0.717, 1.165) is 27.9 Å². The summed E-state index contributed by atoms with van der Waals surface area (Å²) in [6.45, 7) is 1.39. The lowest BCUT2D eigenvalue weighted by molar-refractivity contribution is -0.0286. The van der Waals surface area contributed by atoms with Gasteiger partial charge in [-0.3, -0.25) is 14.2 Å². The van der Waals surface area contributed by atoms with Crippen molar-refractivity contribution in [2.24, 2.45) is 7.05 Å². The Morgan fingerprint density at radius 3 is 2.57 bits per heavy atom. The Hall–Kier alpha value is -4.44. The van der Waals surface area contributed by atoms with Crippen molar-refractivity contribution < 1.29 is 4.74 Å². The van der Waals surface area contributed by atoms with Crippen LogP contribution in [-0.4, -0.2) is 52.5 Å². The van der Waals surface area contributed by atoms with Crippen LogP contribution >= 0.6 is 0 Å². The summed E-state index contributed by atoms with van der Waals surface area (Å²) >= 11 is 0. The number of hydrogen-bond acceptors (Lipinski definition) is 7. The molecule has 0 N–H and O–H groups in total. The zero-order chi connectivity index (χ0) is 23.8. The summed E-state index contributed by atoms with van der Waals surface area (Å²) in [5.74, 6) is 0.615. The minimum Gasteiger partial charge on any atom is -0.377 e. The van der Waals surface area contributed by atoms with E-state index in [1.54, 1.807) is 34.2 Å². The highest BCUT2D eigenvalue weighted by Crippen LogP contribution is 2.24. The van der Waals surface area contributed by atoms with Gasteiger partial charge < -0.3 is 4.74 Å². The molecule has 5 heterocycles. The lowest BCUT2D eigenvalue weighted by Crippen LogP contribution is -2.30. The highest BCUT2D eigenvalue weighted by atomic mass is 16.5. The predicted octanol–water partition coefficient (Wildman–Crippen LogP) is 2.45. The van der Waals surface area contributed by atoms with Crippen LogP contribution in [0.4, 0.5) is 0 Å². The summed E-state index contributed by atoms with van der Waals surface area (Å²) in [5, 5.41) is 13.1. The average molecular weight is 467 g/mol. The van der Waals surface area contributed by atoms with Gasteiger partial charge in [-0.1, -0.05) is 18.2 Å². The minimum atomic E-state index is -0.106. The van der Waals surface area contributed by atoms with Gasteiger partial charge in [-0.25, -0.2) is 14.6 Å². The Morgan fingerprint density at radius 1 is 0.971 bits per heavy atom. The summed E-state index contributed by atoms with van der Waals surface area (Å²) in [5.41, 5.74) is 4.84. The third kappa shape index (κ3) is 4.26. The molecule has 5 aromatic rings. The third-order valence-corrected chi connectivity index (χ3v) is 5.97. The van der Waals surface area contributed by atoms with Crippen molar-refractivity contribution in [3.8, 4) is 28.2 Å². The number of ether oxygens (including phenoxy) is 1. The van der Waals surface area contributed by atoms with Crippen LogP contribution in [0.2, 0.25) is 0 Å². The molecule has 0 radical (unpaired) electrons. The fraction of sp³-hybridized carbons (Fsp3) is 0.200. The number of nitrogens with zero attached hydrogens (tertiary/aromatic N) is 8. The first-order chi connectivity index (χ1) is 17.1. The lowest BCUT2D eigenvalue weighted by atomic mass is 10.1. The Kier molecular flexibility index (Phi) is 5.27.